The average Bonchev–Trinajstić information content (AvgIpc) is 2.16. The zero-order chi connectivity index (χ0) is 8.97. The number of carbonyl (C=O) groups is 1. The van der Waals surface area contributed by atoms with Crippen molar-refractivity contribution in [3.8, 4) is 0 Å². The van der Waals surface area contributed by atoms with E-state index in [-0.39, 0.29) is 11.9 Å². The van der Waals surface area contributed by atoms with Crippen LogP contribution in [0.5, 0.6) is 0 Å². The Morgan fingerprint density at radius 3 is 2.92 bits per heavy atom. The second kappa shape index (κ2) is 4.42. The van der Waals surface area contributed by atoms with Crippen LogP contribution in [0.3, 0.4) is 0 Å². The van der Waals surface area contributed by atoms with Gasteiger partial charge in [-0.25, -0.2) is 10.4 Å². The zero-order valence-corrected chi connectivity index (χ0v) is 7.76. The molecule has 4 heteroatoms. The Hall–Kier alpha value is -0.610. The molecule has 1 amide bonds. The van der Waals surface area contributed by atoms with Gasteiger partial charge in [0, 0.05) is 20.6 Å². The predicted molar refractivity (Wildman–Crippen MR) is 47.5 cm³/mol. The molecule has 1 aliphatic rings. The van der Waals surface area contributed by atoms with E-state index in [1.165, 1.54) is 0 Å². The Morgan fingerprint density at radius 2 is 2.25 bits per heavy atom. The molecule has 0 aromatic carbocycles. The summed E-state index contributed by atoms with van der Waals surface area (Å²) in [7, 11) is 3.80. The topological polar surface area (TPSA) is 44.4 Å². The minimum atomic E-state index is -0.0394. The maximum atomic E-state index is 11.3. The van der Waals surface area contributed by atoms with E-state index in [1.807, 2.05) is 19.1 Å². The fraction of sp³-hybridized carbons (Fsp3) is 0.875. The lowest BCUT2D eigenvalue weighted by Crippen LogP contribution is -2.48. The molecule has 4 nitrogen and oxygen atoms in total. The smallest absolute Gasteiger partial charge is 0.238 e. The zero-order valence-electron chi connectivity index (χ0n) is 7.76. The molecule has 1 unspecified atom stereocenters. The summed E-state index contributed by atoms with van der Waals surface area (Å²) in [4.78, 5) is 11.3. The first-order valence-electron chi connectivity index (χ1n) is 4.41. The number of amides is 1. The summed E-state index contributed by atoms with van der Waals surface area (Å²) in [5.74, 6) is 0.126. The van der Waals surface area contributed by atoms with Crippen molar-refractivity contribution in [3.05, 3.63) is 0 Å². The molecule has 1 aliphatic heterocycles. The summed E-state index contributed by atoms with van der Waals surface area (Å²) >= 11 is 0. The highest BCUT2D eigenvalue weighted by molar-refractivity contribution is 5.81. The number of hydrazine groups is 1. The van der Waals surface area contributed by atoms with Gasteiger partial charge in [-0.3, -0.25) is 4.79 Å². The van der Waals surface area contributed by atoms with Crippen LogP contribution in [0.25, 0.3) is 0 Å². The van der Waals surface area contributed by atoms with Crippen molar-refractivity contribution in [1.29, 1.82) is 0 Å². The van der Waals surface area contributed by atoms with Crippen LogP contribution in [0.2, 0.25) is 0 Å². The van der Waals surface area contributed by atoms with Crippen molar-refractivity contribution in [3.63, 3.8) is 0 Å². The number of nitrogens with zero attached hydrogens (tertiary/aromatic N) is 1. The molecule has 1 heterocycles. The molecular weight excluding hydrogens is 154 g/mol. The molecule has 0 radical (unpaired) electrons. The predicted octanol–water partition coefficient (Wildman–Crippen LogP) is -0.279. The standard InChI is InChI=1S/C8H17N3O/c1-11(2)10-7-5-3-4-6-9-8(7)12/h7,10H,3-6H2,1-2H3,(H,9,12). The fourth-order valence-electron chi connectivity index (χ4n) is 1.37. The number of carbonyl (C=O) groups excluding carboxylic acids is 1. The highest BCUT2D eigenvalue weighted by Crippen LogP contribution is 2.04. The molecule has 2 N–H and O–H groups in total. The molecule has 12 heavy (non-hydrogen) atoms. The Kier molecular flexibility index (Phi) is 3.49. The van der Waals surface area contributed by atoms with E-state index in [1.54, 1.807) is 0 Å². The summed E-state index contributed by atoms with van der Waals surface area (Å²) in [5, 5.41) is 4.70. The molecule has 0 aliphatic carbocycles. The molecule has 0 spiro atoms. The molecule has 0 aromatic heterocycles. The summed E-state index contributed by atoms with van der Waals surface area (Å²) in [6.07, 6.45) is 3.14. The van der Waals surface area contributed by atoms with Crippen LogP contribution in [0.4, 0.5) is 0 Å². The molecule has 1 saturated heterocycles. The Bertz CT molecular complexity index is 158. The SMILES string of the molecule is CN(C)NC1CCCCNC1=O. The van der Waals surface area contributed by atoms with Gasteiger partial charge in [0.15, 0.2) is 0 Å². The van der Waals surface area contributed by atoms with Gasteiger partial charge >= 0.3 is 0 Å². The lowest BCUT2D eigenvalue weighted by Gasteiger charge is -2.19. The van der Waals surface area contributed by atoms with Gasteiger partial charge < -0.3 is 5.32 Å². The van der Waals surface area contributed by atoms with Gasteiger partial charge in [-0.1, -0.05) is 0 Å². The second-order valence-corrected chi connectivity index (χ2v) is 3.36. The number of rotatable bonds is 2. The van der Waals surface area contributed by atoms with E-state index >= 15 is 0 Å². The molecular formula is C8H17N3O. The van der Waals surface area contributed by atoms with Gasteiger partial charge in [-0.15, -0.1) is 0 Å². The van der Waals surface area contributed by atoms with Crippen molar-refractivity contribution < 1.29 is 4.79 Å². The van der Waals surface area contributed by atoms with Crippen molar-refractivity contribution in [2.24, 2.45) is 0 Å². The van der Waals surface area contributed by atoms with E-state index in [4.69, 9.17) is 0 Å². The molecule has 70 valence electrons. The van der Waals surface area contributed by atoms with Crippen molar-refractivity contribution in [1.82, 2.24) is 15.8 Å². The Morgan fingerprint density at radius 1 is 1.50 bits per heavy atom. The first kappa shape index (κ1) is 9.48. The monoisotopic (exact) mass is 171 g/mol. The average molecular weight is 171 g/mol. The lowest BCUT2D eigenvalue weighted by molar-refractivity contribution is -0.124. The number of hydrogen-bond acceptors (Lipinski definition) is 3. The minimum absolute atomic E-state index is 0.0394. The first-order valence-corrected chi connectivity index (χ1v) is 4.41. The third-order valence-corrected chi connectivity index (χ3v) is 1.95. The molecule has 0 bridgehead atoms. The Balaban J connectivity index is 2.42. The number of nitrogens with one attached hydrogen (secondary N) is 2. The Labute approximate surface area is 73.3 Å². The van der Waals surface area contributed by atoms with E-state index < -0.39 is 0 Å². The first-order chi connectivity index (χ1) is 5.70. The summed E-state index contributed by atoms with van der Waals surface area (Å²) < 4.78 is 0. The van der Waals surface area contributed by atoms with Crippen molar-refractivity contribution in [2.45, 2.75) is 25.3 Å². The highest BCUT2D eigenvalue weighted by Gasteiger charge is 2.20. The van der Waals surface area contributed by atoms with E-state index in [0.29, 0.717) is 0 Å². The minimum Gasteiger partial charge on any atom is -0.355 e. The maximum absolute atomic E-state index is 11.3. The van der Waals surface area contributed by atoms with Crippen LogP contribution in [-0.4, -0.2) is 37.6 Å². The van der Waals surface area contributed by atoms with Gasteiger partial charge in [0.1, 0.15) is 6.04 Å². The van der Waals surface area contributed by atoms with E-state index in [9.17, 15) is 4.79 Å². The van der Waals surface area contributed by atoms with Gasteiger partial charge in [-0.05, 0) is 19.3 Å². The summed E-state index contributed by atoms with van der Waals surface area (Å²) in [5.41, 5.74) is 3.09. The molecule has 1 atom stereocenters. The van der Waals surface area contributed by atoms with Gasteiger partial charge in [0.25, 0.3) is 0 Å². The van der Waals surface area contributed by atoms with Crippen LogP contribution in [0.15, 0.2) is 0 Å². The second-order valence-electron chi connectivity index (χ2n) is 3.36. The van der Waals surface area contributed by atoms with Gasteiger partial charge in [0.05, 0.1) is 0 Å². The van der Waals surface area contributed by atoms with E-state index in [2.05, 4.69) is 10.7 Å². The third kappa shape index (κ3) is 2.79. The largest absolute Gasteiger partial charge is 0.355 e. The highest BCUT2D eigenvalue weighted by atomic mass is 16.2. The van der Waals surface area contributed by atoms with Gasteiger partial charge in [0.2, 0.25) is 5.91 Å². The van der Waals surface area contributed by atoms with Crippen molar-refractivity contribution in [2.75, 3.05) is 20.6 Å². The van der Waals surface area contributed by atoms with Crippen molar-refractivity contribution >= 4 is 5.91 Å². The number of hydrogen-bond donors (Lipinski definition) is 2. The molecule has 1 rings (SSSR count). The quantitative estimate of drug-likeness (QED) is 0.562. The lowest BCUT2D eigenvalue weighted by atomic mass is 10.1. The van der Waals surface area contributed by atoms with Crippen LogP contribution in [-0.2, 0) is 4.79 Å². The summed E-state index contributed by atoms with van der Waals surface area (Å²) in [6, 6.07) is -0.0394. The molecule has 1 fully saturated rings. The van der Waals surface area contributed by atoms with E-state index in [0.717, 1.165) is 25.8 Å². The fourth-order valence-corrected chi connectivity index (χ4v) is 1.37. The normalized spacial score (nSPS) is 25.2. The van der Waals surface area contributed by atoms with Crippen LogP contribution in [0.1, 0.15) is 19.3 Å². The van der Waals surface area contributed by atoms with Crippen LogP contribution in [0, 0.1) is 0 Å². The molecule has 0 aromatic rings. The molecule has 0 saturated carbocycles. The maximum Gasteiger partial charge on any atom is 0.238 e. The van der Waals surface area contributed by atoms with Gasteiger partial charge in [-0.2, -0.15) is 0 Å². The summed E-state index contributed by atoms with van der Waals surface area (Å²) in [6.45, 7) is 0.824. The third-order valence-electron chi connectivity index (χ3n) is 1.95. The van der Waals surface area contributed by atoms with Crippen LogP contribution < -0.4 is 10.7 Å². The van der Waals surface area contributed by atoms with Crippen LogP contribution >= 0.6 is 0 Å².